The fraction of sp³-hybridized carbons (Fsp3) is 0.444. The van der Waals surface area contributed by atoms with Crippen molar-refractivity contribution in [3.63, 3.8) is 0 Å². The first kappa shape index (κ1) is 21.3. The average molecular weight is 439 g/mol. The average Bonchev–Trinajstić information content (AvgIpc) is 3.17. The first-order valence-electron chi connectivity index (χ1n) is 9.20. The molecule has 1 aliphatic heterocycles. The Kier molecular flexibility index (Phi) is 6.60. The fourth-order valence-corrected chi connectivity index (χ4v) is 5.07. The second-order valence-electron chi connectivity index (χ2n) is 6.65. The number of nitrogens with one attached hydrogen (secondary N) is 1. The van der Waals surface area contributed by atoms with E-state index >= 15 is 0 Å². The highest BCUT2D eigenvalue weighted by Crippen LogP contribution is 2.26. The summed E-state index contributed by atoms with van der Waals surface area (Å²) in [6.45, 7) is 4.26. The van der Waals surface area contributed by atoms with E-state index in [1.165, 1.54) is 4.31 Å². The predicted molar refractivity (Wildman–Crippen MR) is 107 cm³/mol. The first-order valence-corrected chi connectivity index (χ1v) is 11.4. The number of rotatable bonds is 6. The number of carbonyl (C=O) groups excluding carboxylic acids is 2. The van der Waals surface area contributed by atoms with Crippen molar-refractivity contribution >= 4 is 38.4 Å². The maximum atomic E-state index is 12.8. The lowest BCUT2D eigenvalue weighted by molar-refractivity contribution is -0.120. The maximum Gasteiger partial charge on any atom is 0.362 e. The largest absolute Gasteiger partial charge is 0.461 e. The van der Waals surface area contributed by atoms with Crippen molar-refractivity contribution in [3.8, 4) is 0 Å². The van der Waals surface area contributed by atoms with Crippen molar-refractivity contribution < 1.29 is 22.7 Å². The van der Waals surface area contributed by atoms with Gasteiger partial charge in [-0.05, 0) is 38.8 Å². The lowest BCUT2D eigenvalue weighted by atomic mass is 9.97. The standard InChI is InChI=1S/C18H22N4O5S2/c1-3-27-18(24)15-17(28-21-20-15)19-16(23)13-8-10-22(11-9-13)29(25,26)14-6-4-12(2)5-7-14/h4-7,13H,3,8-11H2,1-2H3,(H,19,23). The fourth-order valence-electron chi connectivity index (χ4n) is 3.04. The van der Waals surface area contributed by atoms with Gasteiger partial charge in [0.1, 0.15) is 0 Å². The summed E-state index contributed by atoms with van der Waals surface area (Å²) >= 11 is 0.899. The number of aromatic nitrogens is 2. The van der Waals surface area contributed by atoms with E-state index in [0.29, 0.717) is 12.8 Å². The molecule has 1 aliphatic rings. The van der Waals surface area contributed by atoms with Gasteiger partial charge < -0.3 is 10.1 Å². The van der Waals surface area contributed by atoms with Crippen LogP contribution in [0.5, 0.6) is 0 Å². The van der Waals surface area contributed by atoms with Crippen LogP contribution in [-0.4, -0.2) is 53.9 Å². The highest BCUT2D eigenvalue weighted by atomic mass is 32.2. The number of benzene rings is 1. The number of hydrogen-bond donors (Lipinski definition) is 1. The molecule has 0 atom stereocenters. The van der Waals surface area contributed by atoms with Crippen molar-refractivity contribution in [1.29, 1.82) is 0 Å². The summed E-state index contributed by atoms with van der Waals surface area (Å²) in [7, 11) is -3.58. The molecular weight excluding hydrogens is 416 g/mol. The van der Waals surface area contributed by atoms with Gasteiger partial charge in [0.15, 0.2) is 5.00 Å². The van der Waals surface area contributed by atoms with Gasteiger partial charge in [0, 0.05) is 30.5 Å². The minimum atomic E-state index is -3.58. The number of carbonyl (C=O) groups is 2. The molecule has 9 nitrogen and oxygen atoms in total. The molecule has 0 bridgehead atoms. The first-order chi connectivity index (χ1) is 13.8. The molecule has 156 valence electrons. The molecule has 1 N–H and O–H groups in total. The van der Waals surface area contributed by atoms with Crippen LogP contribution in [0.2, 0.25) is 0 Å². The Labute approximate surface area is 173 Å². The van der Waals surface area contributed by atoms with E-state index in [2.05, 4.69) is 14.9 Å². The number of anilines is 1. The van der Waals surface area contributed by atoms with Crippen LogP contribution in [0.1, 0.15) is 35.8 Å². The van der Waals surface area contributed by atoms with Crippen LogP contribution in [-0.2, 0) is 19.6 Å². The summed E-state index contributed by atoms with van der Waals surface area (Å²) in [5.41, 5.74) is 0.962. The van der Waals surface area contributed by atoms with Gasteiger partial charge >= 0.3 is 5.97 Å². The van der Waals surface area contributed by atoms with Crippen LogP contribution >= 0.6 is 11.5 Å². The molecule has 2 aromatic rings. The number of ether oxygens (including phenoxy) is 1. The van der Waals surface area contributed by atoms with Gasteiger partial charge in [0.25, 0.3) is 0 Å². The molecule has 1 amide bonds. The number of esters is 1. The molecule has 11 heteroatoms. The van der Waals surface area contributed by atoms with Gasteiger partial charge in [-0.25, -0.2) is 13.2 Å². The summed E-state index contributed by atoms with van der Waals surface area (Å²) in [5.74, 6) is -1.29. The molecule has 0 unspecified atom stereocenters. The number of amides is 1. The van der Waals surface area contributed by atoms with Crippen molar-refractivity contribution in [3.05, 3.63) is 35.5 Å². The van der Waals surface area contributed by atoms with Gasteiger partial charge in [-0.3, -0.25) is 4.79 Å². The van der Waals surface area contributed by atoms with E-state index in [-0.39, 0.29) is 47.1 Å². The van der Waals surface area contributed by atoms with Gasteiger partial charge in [0.2, 0.25) is 21.6 Å². The summed E-state index contributed by atoms with van der Waals surface area (Å²) in [5, 5.41) is 6.62. The van der Waals surface area contributed by atoms with Crippen LogP contribution in [0.15, 0.2) is 29.2 Å². The van der Waals surface area contributed by atoms with Crippen molar-refractivity contribution in [2.75, 3.05) is 25.0 Å². The van der Waals surface area contributed by atoms with Gasteiger partial charge in [-0.2, -0.15) is 4.31 Å². The summed E-state index contributed by atoms with van der Waals surface area (Å²) in [4.78, 5) is 24.7. The van der Waals surface area contributed by atoms with E-state index < -0.39 is 16.0 Å². The second-order valence-corrected chi connectivity index (χ2v) is 9.34. The molecule has 1 fully saturated rings. The van der Waals surface area contributed by atoms with Crippen LogP contribution in [0.25, 0.3) is 0 Å². The topological polar surface area (TPSA) is 119 Å². The zero-order valence-electron chi connectivity index (χ0n) is 16.1. The molecule has 2 heterocycles. The monoisotopic (exact) mass is 438 g/mol. The summed E-state index contributed by atoms with van der Waals surface area (Å²) in [6.07, 6.45) is 0.774. The van der Waals surface area contributed by atoms with Crippen LogP contribution in [0.4, 0.5) is 5.00 Å². The van der Waals surface area contributed by atoms with Crippen molar-refractivity contribution in [2.24, 2.45) is 5.92 Å². The number of sulfonamides is 1. The lowest BCUT2D eigenvalue weighted by Gasteiger charge is -2.30. The predicted octanol–water partition coefficient (Wildman–Crippen LogP) is 2.06. The molecule has 1 saturated heterocycles. The smallest absolute Gasteiger partial charge is 0.362 e. The Morgan fingerprint density at radius 2 is 1.90 bits per heavy atom. The molecule has 0 aliphatic carbocycles. The third-order valence-electron chi connectivity index (χ3n) is 4.68. The van der Waals surface area contributed by atoms with E-state index in [1.807, 2.05) is 6.92 Å². The summed E-state index contributed by atoms with van der Waals surface area (Å²) in [6, 6.07) is 6.71. The number of hydrogen-bond acceptors (Lipinski definition) is 8. The molecule has 0 saturated carbocycles. The molecule has 1 aromatic heterocycles. The minimum Gasteiger partial charge on any atom is -0.461 e. The molecule has 3 rings (SSSR count). The molecular formula is C18H22N4O5S2. The number of piperidine rings is 1. The molecule has 0 radical (unpaired) electrons. The Morgan fingerprint density at radius 3 is 2.52 bits per heavy atom. The molecule has 29 heavy (non-hydrogen) atoms. The van der Waals surface area contributed by atoms with Crippen LogP contribution in [0, 0.1) is 12.8 Å². The second kappa shape index (κ2) is 8.97. The SMILES string of the molecule is CCOC(=O)c1nnsc1NC(=O)C1CCN(S(=O)(=O)c2ccc(C)cc2)CC1. The molecule has 1 aromatic carbocycles. The highest BCUT2D eigenvalue weighted by Gasteiger charge is 2.33. The van der Waals surface area contributed by atoms with E-state index in [9.17, 15) is 18.0 Å². The van der Waals surface area contributed by atoms with Gasteiger partial charge in [0.05, 0.1) is 11.5 Å². The highest BCUT2D eigenvalue weighted by molar-refractivity contribution is 7.89. The Bertz CT molecular complexity index is 980. The Morgan fingerprint density at radius 1 is 1.24 bits per heavy atom. The van der Waals surface area contributed by atoms with E-state index in [0.717, 1.165) is 17.1 Å². The molecule has 0 spiro atoms. The van der Waals surface area contributed by atoms with Crippen LogP contribution < -0.4 is 5.32 Å². The minimum absolute atomic E-state index is 0.0235. The van der Waals surface area contributed by atoms with Gasteiger partial charge in [-0.15, -0.1) is 5.10 Å². The normalized spacial score (nSPS) is 15.8. The van der Waals surface area contributed by atoms with Crippen molar-refractivity contribution in [1.82, 2.24) is 13.9 Å². The van der Waals surface area contributed by atoms with Gasteiger partial charge in [-0.1, -0.05) is 22.2 Å². The summed E-state index contributed by atoms with van der Waals surface area (Å²) < 4.78 is 35.5. The quantitative estimate of drug-likeness (QED) is 0.686. The number of nitrogens with zero attached hydrogens (tertiary/aromatic N) is 3. The zero-order valence-corrected chi connectivity index (χ0v) is 17.8. The van der Waals surface area contributed by atoms with Crippen molar-refractivity contribution in [2.45, 2.75) is 31.6 Å². The number of aryl methyl sites for hydroxylation is 1. The van der Waals surface area contributed by atoms with Crippen LogP contribution in [0.3, 0.4) is 0 Å². The maximum absolute atomic E-state index is 12.8. The Hall–Kier alpha value is -2.37. The third-order valence-corrected chi connectivity index (χ3v) is 7.23. The third kappa shape index (κ3) is 4.80. The zero-order chi connectivity index (χ0) is 21.0. The van der Waals surface area contributed by atoms with E-state index in [1.54, 1.807) is 31.2 Å². The Balaban J connectivity index is 1.61. The lowest BCUT2D eigenvalue weighted by Crippen LogP contribution is -2.41. The van der Waals surface area contributed by atoms with E-state index in [4.69, 9.17) is 4.74 Å².